The lowest BCUT2D eigenvalue weighted by atomic mass is 10.1. The summed E-state index contributed by atoms with van der Waals surface area (Å²) in [5.74, 6) is 0.963. The molecule has 0 saturated carbocycles. The van der Waals surface area contributed by atoms with E-state index >= 15 is 0 Å². The van der Waals surface area contributed by atoms with Gasteiger partial charge in [-0.15, -0.1) is 0 Å². The predicted octanol–water partition coefficient (Wildman–Crippen LogP) is 4.62. The van der Waals surface area contributed by atoms with E-state index in [9.17, 15) is 4.79 Å². The molecule has 0 aliphatic heterocycles. The third-order valence-corrected chi connectivity index (χ3v) is 4.66. The summed E-state index contributed by atoms with van der Waals surface area (Å²) in [5, 5.41) is 8.25. The van der Waals surface area contributed by atoms with Crippen molar-refractivity contribution < 1.29 is 4.79 Å². The highest BCUT2D eigenvalue weighted by atomic mass is 32.1. The second-order valence-electron chi connectivity index (χ2n) is 6.13. The standard InChI is InChI=1S/C20H18N6OS/c1-2-26(28)20(27)25-17-10-9-16-19(23-17)24-18(12-21-16)22-15-8-7-13-5-3-4-6-14(13)11-15/h3-12,28H,2H2,1H3,(H2,22,23,24,25,27). The van der Waals surface area contributed by atoms with Crippen molar-refractivity contribution in [2.45, 2.75) is 6.92 Å². The van der Waals surface area contributed by atoms with Gasteiger partial charge in [0.15, 0.2) is 11.5 Å². The molecule has 2 amide bonds. The fourth-order valence-electron chi connectivity index (χ4n) is 2.76. The molecule has 0 spiro atoms. The summed E-state index contributed by atoms with van der Waals surface area (Å²) in [4.78, 5) is 25.2. The lowest BCUT2D eigenvalue weighted by Gasteiger charge is -2.13. The molecule has 4 rings (SSSR count). The van der Waals surface area contributed by atoms with Crippen molar-refractivity contribution in [1.82, 2.24) is 19.3 Å². The summed E-state index contributed by atoms with van der Waals surface area (Å²) in [6.45, 7) is 2.30. The van der Waals surface area contributed by atoms with Crippen molar-refractivity contribution in [3.63, 3.8) is 0 Å². The minimum atomic E-state index is -0.351. The van der Waals surface area contributed by atoms with E-state index in [1.807, 2.05) is 25.1 Å². The summed E-state index contributed by atoms with van der Waals surface area (Å²) >= 11 is 4.08. The van der Waals surface area contributed by atoms with E-state index in [0.717, 1.165) is 11.1 Å². The van der Waals surface area contributed by atoms with Crippen molar-refractivity contribution in [1.29, 1.82) is 0 Å². The van der Waals surface area contributed by atoms with Crippen LogP contribution in [0.4, 0.5) is 22.1 Å². The maximum Gasteiger partial charge on any atom is 0.332 e. The first-order valence-corrected chi connectivity index (χ1v) is 9.19. The average Bonchev–Trinajstić information content (AvgIpc) is 2.72. The van der Waals surface area contributed by atoms with Gasteiger partial charge in [-0.3, -0.25) is 9.62 Å². The van der Waals surface area contributed by atoms with Gasteiger partial charge in [0.1, 0.15) is 11.3 Å². The number of urea groups is 1. The van der Waals surface area contributed by atoms with Gasteiger partial charge in [0.05, 0.1) is 6.20 Å². The summed E-state index contributed by atoms with van der Waals surface area (Å²) in [5.41, 5.74) is 1.98. The molecule has 4 aromatic rings. The van der Waals surface area contributed by atoms with Gasteiger partial charge in [-0.1, -0.05) is 43.1 Å². The van der Waals surface area contributed by atoms with Crippen LogP contribution in [0.2, 0.25) is 0 Å². The topological polar surface area (TPSA) is 83.0 Å². The molecule has 0 unspecified atom stereocenters. The van der Waals surface area contributed by atoms with Crippen molar-refractivity contribution in [2.75, 3.05) is 17.2 Å². The molecule has 0 aliphatic rings. The minimum absolute atomic E-state index is 0.351. The fraction of sp³-hybridized carbons (Fsp3) is 0.100. The Morgan fingerprint density at radius 2 is 1.82 bits per heavy atom. The van der Waals surface area contributed by atoms with Crippen LogP contribution in [-0.2, 0) is 0 Å². The van der Waals surface area contributed by atoms with Gasteiger partial charge in [0.2, 0.25) is 0 Å². The van der Waals surface area contributed by atoms with E-state index in [-0.39, 0.29) is 6.03 Å². The molecule has 140 valence electrons. The Bertz CT molecular complexity index is 1170. The highest BCUT2D eigenvalue weighted by molar-refractivity contribution is 7.78. The molecule has 8 heteroatoms. The molecular weight excluding hydrogens is 372 g/mol. The van der Waals surface area contributed by atoms with E-state index < -0.39 is 0 Å². The number of benzene rings is 2. The molecule has 0 atom stereocenters. The lowest BCUT2D eigenvalue weighted by molar-refractivity contribution is 0.240. The molecular formula is C20H18N6OS. The first-order valence-electron chi connectivity index (χ1n) is 8.79. The van der Waals surface area contributed by atoms with Crippen LogP contribution in [0.15, 0.2) is 60.8 Å². The smallest absolute Gasteiger partial charge is 0.332 e. The van der Waals surface area contributed by atoms with Gasteiger partial charge >= 0.3 is 6.03 Å². The van der Waals surface area contributed by atoms with Crippen LogP contribution in [0.5, 0.6) is 0 Å². The number of amides is 2. The van der Waals surface area contributed by atoms with Crippen LogP contribution in [0, 0.1) is 0 Å². The average molecular weight is 390 g/mol. The van der Waals surface area contributed by atoms with E-state index in [1.165, 1.54) is 9.69 Å². The highest BCUT2D eigenvalue weighted by Gasteiger charge is 2.10. The third-order valence-electron chi connectivity index (χ3n) is 4.20. The van der Waals surface area contributed by atoms with Gasteiger partial charge < -0.3 is 5.32 Å². The zero-order valence-corrected chi connectivity index (χ0v) is 16.0. The van der Waals surface area contributed by atoms with E-state index in [1.54, 1.807) is 18.3 Å². The Morgan fingerprint density at radius 1 is 1.04 bits per heavy atom. The minimum Gasteiger partial charge on any atom is -0.339 e. The van der Waals surface area contributed by atoms with Crippen molar-refractivity contribution in [3.05, 3.63) is 60.8 Å². The summed E-state index contributed by atoms with van der Waals surface area (Å²) in [6, 6.07) is 17.3. The van der Waals surface area contributed by atoms with Crippen LogP contribution >= 0.6 is 12.8 Å². The van der Waals surface area contributed by atoms with Crippen LogP contribution in [0.3, 0.4) is 0 Å². The number of fused-ring (bicyclic) bond motifs is 2. The van der Waals surface area contributed by atoms with Crippen LogP contribution in [0.1, 0.15) is 6.92 Å². The highest BCUT2D eigenvalue weighted by Crippen LogP contribution is 2.22. The number of carbonyl (C=O) groups excluding carboxylic acids is 1. The SMILES string of the molecule is CCN(S)C(=O)Nc1ccc2ncc(Nc3ccc4ccccc4c3)nc2n1. The van der Waals surface area contributed by atoms with Gasteiger partial charge in [-0.25, -0.2) is 19.7 Å². The normalized spacial score (nSPS) is 10.8. The molecule has 0 aliphatic carbocycles. The number of aromatic nitrogens is 3. The maximum atomic E-state index is 11.9. The third kappa shape index (κ3) is 3.81. The Labute approximate surface area is 167 Å². The fourth-order valence-corrected chi connectivity index (χ4v) is 2.81. The molecule has 0 fully saturated rings. The predicted molar refractivity (Wildman–Crippen MR) is 115 cm³/mol. The van der Waals surface area contributed by atoms with Crippen molar-refractivity contribution in [3.8, 4) is 0 Å². The number of thiol groups is 1. The zero-order chi connectivity index (χ0) is 19.5. The van der Waals surface area contributed by atoms with Gasteiger partial charge in [0, 0.05) is 12.2 Å². The number of hydrogen-bond acceptors (Lipinski definition) is 6. The van der Waals surface area contributed by atoms with E-state index in [4.69, 9.17) is 0 Å². The molecule has 2 aromatic heterocycles. The van der Waals surface area contributed by atoms with E-state index in [2.05, 4.69) is 62.7 Å². The lowest BCUT2D eigenvalue weighted by Crippen LogP contribution is -2.27. The molecule has 0 saturated heterocycles. The number of rotatable bonds is 4. The summed E-state index contributed by atoms with van der Waals surface area (Å²) < 4.78 is 1.26. The number of nitrogens with one attached hydrogen (secondary N) is 2. The monoisotopic (exact) mass is 390 g/mol. The number of carbonyl (C=O) groups is 1. The van der Waals surface area contributed by atoms with Gasteiger partial charge in [-0.2, -0.15) is 0 Å². The Kier molecular flexibility index (Phi) is 4.94. The number of hydrogen-bond donors (Lipinski definition) is 3. The van der Waals surface area contributed by atoms with Crippen LogP contribution in [-0.4, -0.2) is 31.8 Å². The second kappa shape index (κ2) is 7.69. The van der Waals surface area contributed by atoms with Gasteiger partial charge in [-0.05, 0) is 42.0 Å². The first-order chi connectivity index (χ1) is 13.6. The Morgan fingerprint density at radius 3 is 2.64 bits per heavy atom. The quantitative estimate of drug-likeness (QED) is 0.443. The number of anilines is 3. The van der Waals surface area contributed by atoms with Crippen LogP contribution in [0.25, 0.3) is 21.9 Å². The number of pyridine rings is 1. The van der Waals surface area contributed by atoms with E-state index in [0.29, 0.717) is 29.3 Å². The summed E-state index contributed by atoms with van der Waals surface area (Å²) in [6.07, 6.45) is 1.66. The molecule has 28 heavy (non-hydrogen) atoms. The molecule has 7 nitrogen and oxygen atoms in total. The van der Waals surface area contributed by atoms with Crippen molar-refractivity contribution in [2.24, 2.45) is 0 Å². The second-order valence-corrected chi connectivity index (χ2v) is 6.61. The molecule has 2 aromatic carbocycles. The Balaban J connectivity index is 1.59. The molecule has 0 bridgehead atoms. The number of nitrogens with zero attached hydrogens (tertiary/aromatic N) is 4. The Hall–Kier alpha value is -3.39. The molecule has 2 N–H and O–H groups in total. The zero-order valence-electron chi connectivity index (χ0n) is 15.1. The van der Waals surface area contributed by atoms with Crippen molar-refractivity contribution >= 4 is 58.1 Å². The first kappa shape index (κ1) is 18.0. The summed E-state index contributed by atoms with van der Waals surface area (Å²) in [7, 11) is 0. The largest absolute Gasteiger partial charge is 0.339 e. The molecule has 2 heterocycles. The molecule has 0 radical (unpaired) electrons. The maximum absolute atomic E-state index is 11.9. The van der Waals surface area contributed by atoms with Crippen LogP contribution < -0.4 is 10.6 Å². The van der Waals surface area contributed by atoms with Gasteiger partial charge in [0.25, 0.3) is 0 Å².